The van der Waals surface area contributed by atoms with E-state index in [1.807, 2.05) is 24.3 Å². The molecule has 2 aromatic rings. The summed E-state index contributed by atoms with van der Waals surface area (Å²) >= 11 is 0. The molecular formula is C30H42O8S. The maximum Gasteiger partial charge on any atom is 0.337 e. The number of carbonyl (C=O) groups is 1. The van der Waals surface area contributed by atoms with Gasteiger partial charge in [0.1, 0.15) is 11.5 Å². The van der Waals surface area contributed by atoms with Gasteiger partial charge >= 0.3 is 5.97 Å². The number of esters is 1. The first kappa shape index (κ1) is 30.9. The summed E-state index contributed by atoms with van der Waals surface area (Å²) in [4.78, 5) is 12.0. The Bertz CT molecular complexity index is 1180. The summed E-state index contributed by atoms with van der Waals surface area (Å²) < 4.78 is 49.5. The van der Waals surface area contributed by atoms with Crippen LogP contribution in [0.15, 0.2) is 42.5 Å². The lowest BCUT2D eigenvalue weighted by Crippen LogP contribution is -2.49. The van der Waals surface area contributed by atoms with Crippen LogP contribution in [0.3, 0.4) is 0 Å². The van der Waals surface area contributed by atoms with Gasteiger partial charge in [0.2, 0.25) is 6.29 Å². The molecule has 8 nitrogen and oxygen atoms in total. The Kier molecular flexibility index (Phi) is 11.2. The Morgan fingerprint density at radius 2 is 1.56 bits per heavy atom. The first-order chi connectivity index (χ1) is 18.6. The van der Waals surface area contributed by atoms with Crippen molar-refractivity contribution in [1.82, 2.24) is 0 Å². The number of unbranched alkanes of at least 4 members (excludes halogenated alkanes) is 6. The van der Waals surface area contributed by atoms with E-state index in [0.717, 1.165) is 80.2 Å². The van der Waals surface area contributed by atoms with Crippen molar-refractivity contribution in [2.24, 2.45) is 0 Å². The number of carbonyl (C=O) groups excluding carboxylic acids is 1. The molecule has 0 bridgehead atoms. The van der Waals surface area contributed by atoms with Crippen molar-refractivity contribution in [2.75, 3.05) is 34.2 Å². The topological polar surface area (TPSA) is 97.4 Å². The van der Waals surface area contributed by atoms with E-state index in [1.54, 1.807) is 26.4 Å². The summed E-state index contributed by atoms with van der Waals surface area (Å²) in [7, 11) is 1.33. The van der Waals surface area contributed by atoms with Gasteiger partial charge in [-0.3, -0.25) is 4.18 Å². The lowest BCUT2D eigenvalue weighted by Gasteiger charge is -2.47. The molecule has 1 aliphatic heterocycles. The van der Waals surface area contributed by atoms with Crippen LogP contribution in [0.5, 0.6) is 11.5 Å². The molecular weight excluding hydrogens is 520 g/mol. The normalized spacial score (nSPS) is 20.6. The number of ether oxygens (including phenoxy) is 4. The molecule has 1 aliphatic rings. The monoisotopic (exact) mass is 562 g/mol. The fraction of sp³-hybridized carbons (Fsp3) is 0.567. The maximum absolute atomic E-state index is 12.0. The molecule has 0 spiro atoms. The van der Waals surface area contributed by atoms with Gasteiger partial charge in [0, 0.05) is 19.1 Å². The van der Waals surface area contributed by atoms with Crippen molar-refractivity contribution < 1.29 is 36.3 Å². The minimum atomic E-state index is -3.35. The molecule has 2 aromatic carbocycles. The predicted octanol–water partition coefficient (Wildman–Crippen LogP) is 5.99. The van der Waals surface area contributed by atoms with Crippen LogP contribution in [0.1, 0.15) is 85.7 Å². The second-order valence-corrected chi connectivity index (χ2v) is 11.9. The molecule has 0 radical (unpaired) electrons. The highest BCUT2D eigenvalue weighted by molar-refractivity contribution is 7.85. The molecule has 0 aliphatic carbocycles. The summed E-state index contributed by atoms with van der Waals surface area (Å²) in [6.07, 6.45) is 8.62. The van der Waals surface area contributed by atoms with Crippen molar-refractivity contribution in [3.05, 3.63) is 59.2 Å². The van der Waals surface area contributed by atoms with Crippen molar-refractivity contribution in [3.8, 4) is 11.5 Å². The van der Waals surface area contributed by atoms with Gasteiger partial charge in [-0.25, -0.2) is 4.79 Å². The SMILES string of the molecule is COC(=O)c1ccc(C2(C)C(OC)Oc3cc(OC)ccc3C2CCCCCCCCCOS(C)(=O)=O)cc1. The lowest BCUT2D eigenvalue weighted by molar-refractivity contribution is -0.123. The molecule has 0 N–H and O–H groups in total. The number of methoxy groups -OCH3 is 3. The van der Waals surface area contributed by atoms with Crippen LogP contribution in [-0.4, -0.2) is 54.9 Å². The van der Waals surface area contributed by atoms with Crippen molar-refractivity contribution in [3.63, 3.8) is 0 Å². The van der Waals surface area contributed by atoms with Gasteiger partial charge in [0.05, 0.1) is 38.1 Å². The Morgan fingerprint density at radius 1 is 0.923 bits per heavy atom. The second-order valence-electron chi connectivity index (χ2n) is 10.3. The minimum Gasteiger partial charge on any atom is -0.497 e. The number of hydrogen-bond acceptors (Lipinski definition) is 8. The molecule has 3 unspecified atom stereocenters. The van der Waals surface area contributed by atoms with E-state index in [2.05, 4.69) is 13.0 Å². The standard InChI is InChI=1S/C30H42O8S/c1-30(23-16-14-22(15-17-23)28(31)35-3)26(13-11-9-7-6-8-10-12-20-37-39(5,32)33)25-19-18-24(34-2)21-27(25)38-29(30)36-4/h14-19,21,26,29H,6-13,20H2,1-5H3. The minimum absolute atomic E-state index is 0.120. The molecule has 1 heterocycles. The van der Waals surface area contributed by atoms with E-state index in [-0.39, 0.29) is 18.5 Å². The number of fused-ring (bicyclic) bond motifs is 1. The fourth-order valence-corrected chi connectivity index (χ4v) is 5.89. The van der Waals surface area contributed by atoms with Crippen molar-refractivity contribution in [2.45, 2.75) is 75.9 Å². The summed E-state index contributed by atoms with van der Waals surface area (Å²) in [6, 6.07) is 13.5. The summed E-state index contributed by atoms with van der Waals surface area (Å²) in [5, 5.41) is 0. The van der Waals surface area contributed by atoms with E-state index in [4.69, 9.17) is 23.1 Å². The smallest absolute Gasteiger partial charge is 0.337 e. The predicted molar refractivity (Wildman–Crippen MR) is 150 cm³/mol. The first-order valence-corrected chi connectivity index (χ1v) is 15.4. The zero-order chi connectivity index (χ0) is 28.5. The Hall–Kier alpha value is -2.62. The largest absolute Gasteiger partial charge is 0.497 e. The molecule has 39 heavy (non-hydrogen) atoms. The first-order valence-electron chi connectivity index (χ1n) is 13.5. The highest BCUT2D eigenvalue weighted by Crippen LogP contribution is 2.52. The van der Waals surface area contributed by atoms with E-state index in [0.29, 0.717) is 5.56 Å². The molecule has 3 rings (SSSR count). The van der Waals surface area contributed by atoms with E-state index >= 15 is 0 Å². The van der Waals surface area contributed by atoms with Crippen LogP contribution >= 0.6 is 0 Å². The molecule has 216 valence electrons. The average Bonchev–Trinajstić information content (AvgIpc) is 2.93. The Labute approximate surface area is 233 Å². The van der Waals surface area contributed by atoms with Gasteiger partial charge in [-0.2, -0.15) is 8.42 Å². The average molecular weight is 563 g/mol. The number of hydrogen-bond donors (Lipinski definition) is 0. The van der Waals surface area contributed by atoms with Crippen LogP contribution in [0.2, 0.25) is 0 Å². The molecule has 0 fully saturated rings. The van der Waals surface area contributed by atoms with E-state index < -0.39 is 21.8 Å². The van der Waals surface area contributed by atoms with Gasteiger partial charge in [0.15, 0.2) is 0 Å². The molecule has 0 saturated heterocycles. The van der Waals surface area contributed by atoms with Crippen molar-refractivity contribution >= 4 is 16.1 Å². The summed E-state index contributed by atoms with van der Waals surface area (Å²) in [5.41, 5.74) is 2.16. The third kappa shape index (κ3) is 7.96. The Morgan fingerprint density at radius 3 is 2.15 bits per heavy atom. The fourth-order valence-electron chi connectivity index (χ4n) is 5.47. The van der Waals surface area contributed by atoms with Crippen LogP contribution in [0.4, 0.5) is 0 Å². The van der Waals surface area contributed by atoms with E-state index in [1.165, 1.54) is 7.11 Å². The molecule has 3 atom stereocenters. The van der Waals surface area contributed by atoms with Crippen LogP contribution in [0.25, 0.3) is 0 Å². The highest BCUT2D eigenvalue weighted by Gasteiger charge is 2.49. The van der Waals surface area contributed by atoms with Gasteiger partial charge in [0.25, 0.3) is 10.1 Å². The van der Waals surface area contributed by atoms with Gasteiger partial charge in [-0.05, 0) is 49.1 Å². The number of benzene rings is 2. The zero-order valence-electron chi connectivity index (χ0n) is 23.7. The Balaban J connectivity index is 1.71. The van der Waals surface area contributed by atoms with Gasteiger partial charge in [-0.15, -0.1) is 0 Å². The van der Waals surface area contributed by atoms with Crippen LogP contribution < -0.4 is 9.47 Å². The van der Waals surface area contributed by atoms with Crippen molar-refractivity contribution in [1.29, 1.82) is 0 Å². The van der Waals surface area contributed by atoms with E-state index in [9.17, 15) is 13.2 Å². The molecule has 0 aromatic heterocycles. The third-order valence-corrected chi connectivity index (χ3v) is 8.22. The number of rotatable bonds is 15. The summed E-state index contributed by atoms with van der Waals surface area (Å²) in [6.45, 7) is 2.43. The van der Waals surface area contributed by atoms with Crippen LogP contribution in [-0.2, 0) is 29.2 Å². The summed E-state index contributed by atoms with van der Waals surface area (Å²) in [5.74, 6) is 1.25. The molecule has 0 amide bonds. The third-order valence-electron chi connectivity index (χ3n) is 7.62. The quantitative estimate of drug-likeness (QED) is 0.148. The molecule has 0 saturated carbocycles. The lowest BCUT2D eigenvalue weighted by atomic mass is 9.65. The molecule has 9 heteroatoms. The van der Waals surface area contributed by atoms with Crippen LogP contribution in [0, 0.1) is 0 Å². The maximum atomic E-state index is 12.0. The van der Waals surface area contributed by atoms with Gasteiger partial charge < -0.3 is 18.9 Å². The second kappa shape index (κ2) is 14.1. The van der Waals surface area contributed by atoms with Gasteiger partial charge in [-0.1, -0.05) is 56.7 Å². The zero-order valence-corrected chi connectivity index (χ0v) is 24.6. The highest BCUT2D eigenvalue weighted by atomic mass is 32.2.